The number of esters is 1. The first-order valence-corrected chi connectivity index (χ1v) is 8.03. The Morgan fingerprint density at radius 1 is 1.14 bits per heavy atom. The minimum absolute atomic E-state index is 0.307. The van der Waals surface area contributed by atoms with E-state index < -0.39 is 5.97 Å². The summed E-state index contributed by atoms with van der Waals surface area (Å²) in [6, 6.07) is 15.3. The van der Waals surface area contributed by atoms with Gasteiger partial charge in [-0.1, -0.05) is 34.1 Å². The molecular weight excluding hydrogens is 445 g/mol. The third-order valence-corrected chi connectivity index (χ3v) is 4.01. The van der Waals surface area contributed by atoms with Gasteiger partial charge in [0, 0.05) is 13.6 Å². The number of hydrogen-bond acceptors (Lipinski definition) is 3. The van der Waals surface area contributed by atoms with Crippen LogP contribution in [0.1, 0.15) is 11.1 Å². The number of benzene rings is 2. The van der Waals surface area contributed by atoms with Gasteiger partial charge in [0.25, 0.3) is 0 Å². The molecule has 0 saturated carbocycles. The molecule has 3 nitrogen and oxygen atoms in total. The molecular formula is C16H9BrINO2. The van der Waals surface area contributed by atoms with Crippen molar-refractivity contribution in [1.29, 1.82) is 0 Å². The minimum atomic E-state index is -0.427. The Balaban J connectivity index is 1.95. The molecule has 0 amide bonds. The summed E-state index contributed by atoms with van der Waals surface area (Å²) in [5, 5.41) is 0. The average Bonchev–Trinajstić information content (AvgIpc) is 2.80. The molecule has 0 N–H and O–H groups in total. The molecule has 2 aromatic carbocycles. The van der Waals surface area contributed by atoms with Crippen LogP contribution in [0.3, 0.4) is 0 Å². The van der Waals surface area contributed by atoms with Crippen LogP contribution in [0, 0.1) is 3.57 Å². The van der Waals surface area contributed by atoms with Gasteiger partial charge in [-0.25, -0.2) is 9.79 Å². The van der Waals surface area contributed by atoms with Crippen LogP contribution in [0.4, 0.5) is 0 Å². The highest BCUT2D eigenvalue weighted by atomic mass is 127. The molecule has 0 spiro atoms. The highest BCUT2D eigenvalue weighted by molar-refractivity contribution is 14.1. The second kappa shape index (κ2) is 6.11. The van der Waals surface area contributed by atoms with Crippen LogP contribution in [-0.4, -0.2) is 11.9 Å². The molecule has 2 aromatic rings. The predicted molar refractivity (Wildman–Crippen MR) is 93.9 cm³/mol. The largest absolute Gasteiger partial charge is 0.402 e. The first-order chi connectivity index (χ1) is 10.1. The van der Waals surface area contributed by atoms with Gasteiger partial charge in [-0.2, -0.15) is 0 Å². The number of cyclic esters (lactones) is 1. The van der Waals surface area contributed by atoms with Crippen molar-refractivity contribution in [2.75, 3.05) is 0 Å². The Labute approximate surface area is 144 Å². The lowest BCUT2D eigenvalue weighted by Gasteiger charge is -1.99. The number of carbonyl (C=O) groups is 1. The lowest BCUT2D eigenvalue weighted by molar-refractivity contribution is -0.129. The summed E-state index contributed by atoms with van der Waals surface area (Å²) >= 11 is 5.61. The number of halogens is 2. The van der Waals surface area contributed by atoms with Crippen LogP contribution in [0.5, 0.6) is 0 Å². The minimum Gasteiger partial charge on any atom is -0.402 e. The van der Waals surface area contributed by atoms with Gasteiger partial charge in [-0.05, 0) is 64.6 Å². The second-order valence-electron chi connectivity index (χ2n) is 4.40. The molecule has 104 valence electrons. The number of aliphatic imine (C=N–C) groups is 1. The monoisotopic (exact) mass is 453 g/mol. The molecule has 0 fully saturated rings. The Kier molecular flexibility index (Phi) is 4.21. The lowest BCUT2D eigenvalue weighted by atomic mass is 10.2. The van der Waals surface area contributed by atoms with E-state index in [4.69, 9.17) is 4.74 Å². The molecule has 3 rings (SSSR count). The smallest absolute Gasteiger partial charge is 0.363 e. The quantitative estimate of drug-likeness (QED) is 0.384. The SMILES string of the molecule is O=C1OC(c2cccc(I)c2)=NC1=Cc1cccc(Br)c1. The average molecular weight is 454 g/mol. The van der Waals surface area contributed by atoms with Crippen LogP contribution in [0.15, 0.2) is 63.7 Å². The summed E-state index contributed by atoms with van der Waals surface area (Å²) in [6.45, 7) is 0. The molecule has 1 aliphatic heterocycles. The van der Waals surface area contributed by atoms with E-state index in [1.54, 1.807) is 6.08 Å². The highest BCUT2D eigenvalue weighted by Gasteiger charge is 2.24. The van der Waals surface area contributed by atoms with Crippen molar-refractivity contribution in [2.45, 2.75) is 0 Å². The van der Waals surface area contributed by atoms with E-state index in [0.717, 1.165) is 19.2 Å². The molecule has 21 heavy (non-hydrogen) atoms. The van der Waals surface area contributed by atoms with Gasteiger partial charge in [-0.15, -0.1) is 0 Å². The van der Waals surface area contributed by atoms with Crippen LogP contribution < -0.4 is 0 Å². The standard InChI is InChI=1S/C16H9BrINO2/c17-12-5-1-3-10(7-12)8-14-16(20)21-15(19-14)11-4-2-6-13(18)9-11/h1-9H. The normalized spacial score (nSPS) is 16.0. The number of carbonyl (C=O) groups excluding carboxylic acids is 1. The third kappa shape index (κ3) is 3.41. The first kappa shape index (κ1) is 14.5. The number of ether oxygens (including phenoxy) is 1. The molecule has 0 aromatic heterocycles. The van der Waals surface area contributed by atoms with Crippen molar-refractivity contribution in [2.24, 2.45) is 4.99 Å². The third-order valence-electron chi connectivity index (χ3n) is 2.84. The number of nitrogens with zero attached hydrogens (tertiary/aromatic N) is 1. The van der Waals surface area contributed by atoms with Crippen LogP contribution >= 0.6 is 38.5 Å². The Bertz CT molecular complexity index is 783. The van der Waals surface area contributed by atoms with Crippen LogP contribution in [0.25, 0.3) is 6.08 Å². The Morgan fingerprint density at radius 2 is 1.95 bits per heavy atom. The molecule has 0 atom stereocenters. The first-order valence-electron chi connectivity index (χ1n) is 6.16. The van der Waals surface area contributed by atoms with Crippen molar-refractivity contribution in [3.8, 4) is 0 Å². The number of hydrogen-bond donors (Lipinski definition) is 0. The summed E-state index contributed by atoms with van der Waals surface area (Å²) in [6.07, 6.45) is 1.72. The predicted octanol–water partition coefficient (Wildman–Crippen LogP) is 4.40. The highest BCUT2D eigenvalue weighted by Crippen LogP contribution is 2.21. The van der Waals surface area contributed by atoms with Gasteiger partial charge in [-0.3, -0.25) is 0 Å². The van der Waals surface area contributed by atoms with E-state index >= 15 is 0 Å². The molecule has 0 bridgehead atoms. The van der Waals surface area contributed by atoms with Gasteiger partial charge >= 0.3 is 5.97 Å². The Morgan fingerprint density at radius 3 is 2.71 bits per heavy atom. The fraction of sp³-hybridized carbons (Fsp3) is 0. The van der Waals surface area contributed by atoms with Gasteiger partial charge in [0.05, 0.1) is 0 Å². The fourth-order valence-corrected chi connectivity index (χ4v) is 2.87. The molecule has 0 saturated heterocycles. The zero-order valence-corrected chi connectivity index (χ0v) is 14.5. The maximum atomic E-state index is 11.9. The van der Waals surface area contributed by atoms with Crippen molar-refractivity contribution < 1.29 is 9.53 Å². The molecule has 1 aliphatic rings. The van der Waals surface area contributed by atoms with E-state index in [1.165, 1.54) is 0 Å². The van der Waals surface area contributed by atoms with Crippen molar-refractivity contribution >= 4 is 56.5 Å². The topological polar surface area (TPSA) is 38.7 Å². The van der Waals surface area contributed by atoms with E-state index in [9.17, 15) is 4.79 Å². The summed E-state index contributed by atoms with van der Waals surface area (Å²) in [7, 11) is 0. The van der Waals surface area contributed by atoms with E-state index in [-0.39, 0.29) is 0 Å². The summed E-state index contributed by atoms with van der Waals surface area (Å²) < 4.78 is 7.26. The van der Waals surface area contributed by atoms with Gasteiger partial charge in [0.2, 0.25) is 5.90 Å². The van der Waals surface area contributed by atoms with E-state index in [1.807, 2.05) is 48.5 Å². The zero-order valence-electron chi connectivity index (χ0n) is 10.7. The number of rotatable bonds is 2. The van der Waals surface area contributed by atoms with Gasteiger partial charge in [0.1, 0.15) is 0 Å². The Hall–Kier alpha value is -1.47. The molecule has 0 unspecified atom stereocenters. The van der Waals surface area contributed by atoms with E-state index in [2.05, 4.69) is 43.5 Å². The van der Waals surface area contributed by atoms with Crippen molar-refractivity contribution in [3.63, 3.8) is 0 Å². The molecule has 5 heteroatoms. The van der Waals surface area contributed by atoms with Crippen LogP contribution in [0.2, 0.25) is 0 Å². The van der Waals surface area contributed by atoms with Crippen LogP contribution in [-0.2, 0) is 9.53 Å². The summed E-state index contributed by atoms with van der Waals surface area (Å²) in [5.74, 6) is -0.0800. The van der Waals surface area contributed by atoms with Crippen molar-refractivity contribution in [3.05, 3.63) is 73.4 Å². The zero-order chi connectivity index (χ0) is 14.8. The van der Waals surface area contributed by atoms with Gasteiger partial charge < -0.3 is 4.74 Å². The molecule has 0 aliphatic carbocycles. The summed E-state index contributed by atoms with van der Waals surface area (Å²) in [5.41, 5.74) is 2.00. The lowest BCUT2D eigenvalue weighted by Crippen LogP contribution is -2.05. The molecule has 0 radical (unpaired) electrons. The maximum absolute atomic E-state index is 11.9. The van der Waals surface area contributed by atoms with E-state index in [0.29, 0.717) is 11.6 Å². The summed E-state index contributed by atoms with van der Waals surface area (Å²) in [4.78, 5) is 16.2. The molecule has 1 heterocycles. The van der Waals surface area contributed by atoms with Crippen molar-refractivity contribution in [1.82, 2.24) is 0 Å². The second-order valence-corrected chi connectivity index (χ2v) is 6.56. The fourth-order valence-electron chi connectivity index (χ4n) is 1.91. The maximum Gasteiger partial charge on any atom is 0.363 e. The van der Waals surface area contributed by atoms with Gasteiger partial charge in [0.15, 0.2) is 5.70 Å².